The molecular weight excluding hydrogens is 354 g/mol. The van der Waals surface area contributed by atoms with Gasteiger partial charge in [0.1, 0.15) is 22.8 Å². The number of nitrogens with zero attached hydrogens (tertiary/aromatic N) is 2. The standard InChI is InChI=1S/C22H17N3O3/c1-13-18(19(26)14-8-4-3-5-9-14)22(16(12-23)20(24)28-13)15-10-6-7-11-17(15)25(2)21(22)27/h3-11H,24H2,1-2H3. The largest absolute Gasteiger partial charge is 0.445 e. The molecule has 6 heteroatoms. The van der Waals surface area contributed by atoms with Crippen molar-refractivity contribution in [3.05, 3.63) is 88.5 Å². The molecule has 0 fully saturated rings. The Hall–Kier alpha value is -3.85. The number of carbonyl (C=O) groups excluding carboxylic acids is 2. The van der Waals surface area contributed by atoms with Gasteiger partial charge in [-0.2, -0.15) is 5.26 Å². The Morgan fingerprint density at radius 3 is 2.46 bits per heavy atom. The van der Waals surface area contributed by atoms with Crippen molar-refractivity contribution in [2.75, 3.05) is 11.9 Å². The number of amides is 1. The van der Waals surface area contributed by atoms with Crippen molar-refractivity contribution in [2.45, 2.75) is 12.3 Å². The van der Waals surface area contributed by atoms with Gasteiger partial charge in [0.25, 0.3) is 0 Å². The van der Waals surface area contributed by atoms with Crippen molar-refractivity contribution >= 4 is 17.4 Å². The van der Waals surface area contributed by atoms with Gasteiger partial charge in [0.2, 0.25) is 11.8 Å². The maximum Gasteiger partial charge on any atom is 0.247 e. The zero-order valence-electron chi connectivity index (χ0n) is 15.4. The number of carbonyl (C=O) groups is 2. The van der Waals surface area contributed by atoms with Crippen molar-refractivity contribution in [2.24, 2.45) is 5.73 Å². The lowest BCUT2D eigenvalue weighted by molar-refractivity contribution is -0.120. The Morgan fingerprint density at radius 2 is 1.79 bits per heavy atom. The summed E-state index contributed by atoms with van der Waals surface area (Å²) >= 11 is 0. The first-order valence-corrected chi connectivity index (χ1v) is 8.71. The molecule has 0 saturated heterocycles. The van der Waals surface area contributed by atoms with Crippen LogP contribution >= 0.6 is 0 Å². The minimum Gasteiger partial charge on any atom is -0.445 e. The van der Waals surface area contributed by atoms with Crippen molar-refractivity contribution < 1.29 is 14.3 Å². The van der Waals surface area contributed by atoms with Crippen LogP contribution in [0.5, 0.6) is 0 Å². The first-order valence-electron chi connectivity index (χ1n) is 8.71. The van der Waals surface area contributed by atoms with Crippen LogP contribution in [0.25, 0.3) is 0 Å². The predicted octanol–water partition coefficient (Wildman–Crippen LogP) is 2.78. The second-order valence-electron chi connectivity index (χ2n) is 6.71. The third-order valence-electron chi connectivity index (χ3n) is 5.28. The van der Waals surface area contributed by atoms with Gasteiger partial charge >= 0.3 is 0 Å². The fourth-order valence-corrected chi connectivity index (χ4v) is 4.09. The summed E-state index contributed by atoms with van der Waals surface area (Å²) in [6.45, 7) is 1.59. The van der Waals surface area contributed by atoms with Gasteiger partial charge in [0.05, 0.1) is 5.57 Å². The molecule has 4 rings (SSSR count). The topological polar surface area (TPSA) is 96.4 Å². The zero-order valence-corrected chi connectivity index (χ0v) is 15.4. The number of ether oxygens (including phenoxy) is 1. The summed E-state index contributed by atoms with van der Waals surface area (Å²) in [5.74, 6) is -0.737. The predicted molar refractivity (Wildman–Crippen MR) is 103 cm³/mol. The molecule has 28 heavy (non-hydrogen) atoms. The average Bonchev–Trinajstić information content (AvgIpc) is 2.92. The number of benzene rings is 2. The van der Waals surface area contributed by atoms with Crippen LogP contribution < -0.4 is 10.6 Å². The van der Waals surface area contributed by atoms with E-state index in [9.17, 15) is 14.9 Å². The highest BCUT2D eigenvalue weighted by molar-refractivity contribution is 6.23. The molecule has 2 aromatic carbocycles. The van der Waals surface area contributed by atoms with E-state index < -0.39 is 11.3 Å². The van der Waals surface area contributed by atoms with Gasteiger partial charge < -0.3 is 15.4 Å². The van der Waals surface area contributed by atoms with E-state index in [2.05, 4.69) is 0 Å². The lowest BCUT2D eigenvalue weighted by atomic mass is 9.66. The van der Waals surface area contributed by atoms with Crippen molar-refractivity contribution in [1.29, 1.82) is 5.26 Å². The third-order valence-corrected chi connectivity index (χ3v) is 5.28. The van der Waals surface area contributed by atoms with E-state index in [0.29, 0.717) is 16.8 Å². The van der Waals surface area contributed by atoms with Crippen LogP contribution in [-0.4, -0.2) is 18.7 Å². The molecule has 1 amide bonds. The number of hydrogen-bond acceptors (Lipinski definition) is 5. The number of nitrogens with two attached hydrogens (primary N) is 1. The summed E-state index contributed by atoms with van der Waals surface area (Å²) < 4.78 is 5.55. The zero-order chi connectivity index (χ0) is 20.1. The number of anilines is 1. The van der Waals surface area contributed by atoms with Crippen LogP contribution in [0.3, 0.4) is 0 Å². The molecule has 2 aliphatic rings. The first-order chi connectivity index (χ1) is 13.4. The normalized spacial score (nSPS) is 20.9. The number of ketones is 1. The van der Waals surface area contributed by atoms with Gasteiger partial charge in [-0.3, -0.25) is 9.59 Å². The Kier molecular flexibility index (Phi) is 3.83. The lowest BCUT2D eigenvalue weighted by Crippen LogP contribution is -2.47. The fraction of sp³-hybridized carbons (Fsp3) is 0.136. The highest BCUT2D eigenvalue weighted by atomic mass is 16.5. The quantitative estimate of drug-likeness (QED) is 0.819. The number of nitriles is 1. The molecule has 2 N–H and O–H groups in total. The van der Waals surface area contributed by atoms with E-state index in [-0.39, 0.29) is 28.6 Å². The third kappa shape index (κ3) is 2.07. The Balaban J connectivity index is 2.09. The Bertz CT molecular complexity index is 1130. The van der Waals surface area contributed by atoms with Crippen LogP contribution in [0.15, 0.2) is 77.4 Å². The van der Waals surface area contributed by atoms with Crippen LogP contribution in [0, 0.1) is 11.3 Å². The number of Topliss-reactive ketones (excluding diaryl/α,β-unsaturated/α-hetero) is 1. The molecule has 1 spiro atoms. The molecule has 1 atom stereocenters. The van der Waals surface area contributed by atoms with E-state index in [4.69, 9.17) is 10.5 Å². The van der Waals surface area contributed by atoms with Crippen molar-refractivity contribution in [3.63, 3.8) is 0 Å². The molecule has 0 radical (unpaired) electrons. The first kappa shape index (κ1) is 17.6. The highest BCUT2D eigenvalue weighted by Crippen LogP contribution is 2.53. The molecule has 2 aromatic rings. The van der Waals surface area contributed by atoms with E-state index >= 15 is 0 Å². The molecule has 2 aliphatic heterocycles. The summed E-state index contributed by atoms with van der Waals surface area (Å²) in [6, 6.07) is 17.7. The molecule has 0 aliphatic carbocycles. The summed E-state index contributed by atoms with van der Waals surface area (Å²) in [6.07, 6.45) is 0. The van der Waals surface area contributed by atoms with Gasteiger partial charge in [0, 0.05) is 23.9 Å². The Morgan fingerprint density at radius 1 is 1.14 bits per heavy atom. The van der Waals surface area contributed by atoms with E-state index in [1.165, 1.54) is 4.90 Å². The average molecular weight is 371 g/mol. The van der Waals surface area contributed by atoms with Crippen LogP contribution in [0.2, 0.25) is 0 Å². The monoisotopic (exact) mass is 371 g/mol. The Labute approximate surface area is 162 Å². The summed E-state index contributed by atoms with van der Waals surface area (Å²) in [5, 5.41) is 9.90. The number of hydrogen-bond donors (Lipinski definition) is 1. The molecule has 2 heterocycles. The van der Waals surface area contributed by atoms with Crippen molar-refractivity contribution in [3.8, 4) is 6.07 Å². The molecular formula is C22H17N3O3. The molecule has 1 unspecified atom stereocenters. The minimum atomic E-state index is -1.63. The number of fused-ring (bicyclic) bond motifs is 2. The van der Waals surface area contributed by atoms with E-state index in [1.807, 2.05) is 6.07 Å². The summed E-state index contributed by atoms with van der Waals surface area (Å²) in [4.78, 5) is 28.6. The van der Waals surface area contributed by atoms with Gasteiger partial charge in [-0.15, -0.1) is 0 Å². The molecule has 6 nitrogen and oxygen atoms in total. The maximum absolute atomic E-state index is 13.6. The number of rotatable bonds is 2. The molecule has 0 saturated carbocycles. The number of likely N-dealkylation sites (N-methyl/N-ethyl adjacent to an activating group) is 1. The number of para-hydroxylation sites is 1. The highest BCUT2D eigenvalue weighted by Gasteiger charge is 2.60. The smallest absolute Gasteiger partial charge is 0.247 e. The SMILES string of the molecule is CC1=C(C(=O)c2ccccc2)C2(C(=O)N(C)c3ccccc32)C(C#N)=C(N)O1. The second-order valence-corrected chi connectivity index (χ2v) is 6.71. The van der Waals surface area contributed by atoms with E-state index in [1.54, 1.807) is 68.6 Å². The van der Waals surface area contributed by atoms with Crippen molar-refractivity contribution in [1.82, 2.24) is 0 Å². The summed E-state index contributed by atoms with van der Waals surface area (Å²) in [7, 11) is 1.62. The molecule has 138 valence electrons. The van der Waals surface area contributed by atoms with Gasteiger partial charge in [-0.05, 0) is 13.0 Å². The molecule has 0 bridgehead atoms. The number of allylic oxidation sites excluding steroid dienone is 1. The van der Waals surface area contributed by atoms with Crippen LogP contribution in [0.4, 0.5) is 5.69 Å². The van der Waals surface area contributed by atoms with Gasteiger partial charge in [-0.25, -0.2) is 0 Å². The maximum atomic E-state index is 13.6. The fourth-order valence-electron chi connectivity index (χ4n) is 4.09. The minimum absolute atomic E-state index is 0.0702. The van der Waals surface area contributed by atoms with E-state index in [0.717, 1.165) is 0 Å². The molecule has 0 aromatic heterocycles. The van der Waals surface area contributed by atoms with Gasteiger partial charge in [-0.1, -0.05) is 48.5 Å². The van der Waals surface area contributed by atoms with Crippen LogP contribution in [-0.2, 0) is 14.9 Å². The summed E-state index contributed by atoms with van der Waals surface area (Å²) in [5.41, 5.74) is 6.01. The van der Waals surface area contributed by atoms with Crippen LogP contribution in [0.1, 0.15) is 22.8 Å². The van der Waals surface area contributed by atoms with Gasteiger partial charge in [0.15, 0.2) is 5.78 Å². The second kappa shape index (κ2) is 6.10. The lowest BCUT2D eigenvalue weighted by Gasteiger charge is -2.35.